The van der Waals surface area contributed by atoms with Gasteiger partial charge in [-0.05, 0) is 24.0 Å². The maximum Gasteiger partial charge on any atom is 0.112 e. The molecule has 4 unspecified atom stereocenters. The van der Waals surface area contributed by atoms with Gasteiger partial charge in [0.05, 0.1) is 12.2 Å². The van der Waals surface area contributed by atoms with Crippen molar-refractivity contribution in [3.05, 3.63) is 71.8 Å². The molecule has 0 radical (unpaired) electrons. The van der Waals surface area contributed by atoms with Gasteiger partial charge in [-0.2, -0.15) is 0 Å². The van der Waals surface area contributed by atoms with Gasteiger partial charge < -0.3 is 9.47 Å². The Labute approximate surface area is 155 Å². The van der Waals surface area contributed by atoms with Crippen LogP contribution in [-0.4, -0.2) is 48.4 Å². The fourth-order valence-corrected chi connectivity index (χ4v) is 4.53. The summed E-state index contributed by atoms with van der Waals surface area (Å²) in [6.07, 6.45) is 2.96. The van der Waals surface area contributed by atoms with Crippen molar-refractivity contribution in [1.29, 1.82) is 0 Å². The lowest BCUT2D eigenvalue weighted by Gasteiger charge is -2.32. The Morgan fingerprint density at radius 2 is 1.04 bits per heavy atom. The van der Waals surface area contributed by atoms with Crippen LogP contribution in [-0.2, 0) is 9.47 Å². The Hall–Kier alpha value is -1.72. The first-order chi connectivity index (χ1) is 12.9. The molecule has 2 aromatic carbocycles. The SMILES string of the molecule is c1ccc(C2CN3CCC4OC(c5ccccc5)CN4CCC3O2)cc1. The third-order valence-corrected chi connectivity index (χ3v) is 5.93. The highest BCUT2D eigenvalue weighted by molar-refractivity contribution is 5.20. The van der Waals surface area contributed by atoms with Crippen molar-refractivity contribution < 1.29 is 9.47 Å². The smallest absolute Gasteiger partial charge is 0.112 e. The average Bonchev–Trinajstić information content (AvgIpc) is 3.28. The van der Waals surface area contributed by atoms with Gasteiger partial charge in [-0.15, -0.1) is 0 Å². The molecule has 0 amide bonds. The number of benzene rings is 2. The minimum atomic E-state index is 0.201. The van der Waals surface area contributed by atoms with E-state index in [0.717, 1.165) is 39.0 Å². The van der Waals surface area contributed by atoms with Crippen molar-refractivity contribution in [1.82, 2.24) is 9.80 Å². The van der Waals surface area contributed by atoms with Crippen molar-refractivity contribution in [2.24, 2.45) is 0 Å². The molecule has 5 rings (SSSR count). The van der Waals surface area contributed by atoms with E-state index in [9.17, 15) is 0 Å². The molecule has 4 atom stereocenters. The molecule has 0 saturated carbocycles. The topological polar surface area (TPSA) is 24.9 Å². The van der Waals surface area contributed by atoms with Gasteiger partial charge >= 0.3 is 0 Å². The zero-order valence-electron chi connectivity index (χ0n) is 15.0. The molecule has 136 valence electrons. The van der Waals surface area contributed by atoms with E-state index in [2.05, 4.69) is 70.5 Å². The average molecular weight is 350 g/mol. The van der Waals surface area contributed by atoms with Crippen molar-refractivity contribution in [3.8, 4) is 0 Å². The first kappa shape index (κ1) is 16.5. The molecule has 3 heterocycles. The quantitative estimate of drug-likeness (QED) is 0.827. The summed E-state index contributed by atoms with van der Waals surface area (Å²) in [5.74, 6) is 0. The molecule has 0 aromatic heterocycles. The second-order valence-corrected chi connectivity index (χ2v) is 7.55. The van der Waals surface area contributed by atoms with Gasteiger partial charge in [0.1, 0.15) is 12.5 Å². The van der Waals surface area contributed by atoms with Gasteiger partial charge in [-0.3, -0.25) is 9.80 Å². The summed E-state index contributed by atoms with van der Waals surface area (Å²) in [4.78, 5) is 5.02. The van der Waals surface area contributed by atoms with Gasteiger partial charge in [0.25, 0.3) is 0 Å². The van der Waals surface area contributed by atoms with Crippen LogP contribution in [0.3, 0.4) is 0 Å². The van der Waals surface area contributed by atoms with Crippen LogP contribution in [0.5, 0.6) is 0 Å². The molecular weight excluding hydrogens is 324 g/mol. The molecule has 0 bridgehead atoms. The van der Waals surface area contributed by atoms with Crippen molar-refractivity contribution >= 4 is 0 Å². The number of fused-ring (bicyclic) bond motifs is 2. The zero-order chi connectivity index (χ0) is 17.3. The molecule has 3 fully saturated rings. The van der Waals surface area contributed by atoms with Crippen molar-refractivity contribution in [2.45, 2.75) is 37.5 Å². The Morgan fingerprint density at radius 3 is 1.46 bits per heavy atom. The van der Waals surface area contributed by atoms with E-state index in [4.69, 9.17) is 9.47 Å². The summed E-state index contributed by atoms with van der Waals surface area (Å²) in [5.41, 5.74) is 2.58. The molecule has 0 aliphatic carbocycles. The van der Waals surface area contributed by atoms with Crippen LogP contribution in [0.15, 0.2) is 60.7 Å². The molecular formula is C22H26N2O2. The number of hydrogen-bond acceptors (Lipinski definition) is 4. The van der Waals surface area contributed by atoms with E-state index < -0.39 is 0 Å². The Balaban J connectivity index is 1.25. The van der Waals surface area contributed by atoms with E-state index in [1.54, 1.807) is 0 Å². The molecule has 3 aliphatic rings. The highest BCUT2D eigenvalue weighted by atomic mass is 16.5. The van der Waals surface area contributed by atoms with Crippen LogP contribution in [0.1, 0.15) is 36.2 Å². The first-order valence-electron chi connectivity index (χ1n) is 9.76. The fourth-order valence-electron chi connectivity index (χ4n) is 4.53. The molecule has 4 nitrogen and oxygen atoms in total. The number of rotatable bonds is 2. The van der Waals surface area contributed by atoms with E-state index in [-0.39, 0.29) is 24.7 Å². The van der Waals surface area contributed by atoms with Gasteiger partial charge in [-0.25, -0.2) is 0 Å². The number of nitrogens with zero attached hydrogens (tertiary/aromatic N) is 2. The third kappa shape index (κ3) is 3.19. The zero-order valence-corrected chi connectivity index (χ0v) is 15.0. The Morgan fingerprint density at radius 1 is 0.615 bits per heavy atom. The molecule has 0 N–H and O–H groups in total. The molecule has 2 aromatic rings. The summed E-state index contributed by atoms with van der Waals surface area (Å²) < 4.78 is 12.8. The van der Waals surface area contributed by atoms with Gasteiger partial charge in [0, 0.05) is 26.2 Å². The summed E-state index contributed by atoms with van der Waals surface area (Å²) in [5, 5.41) is 0. The lowest BCUT2D eigenvalue weighted by atomic mass is 10.1. The standard InChI is InChI=1S/C22H26N2O2/c1-3-7-17(8-4-1)19-15-23-13-12-22-24(14-11-21(23)25-19)16-20(26-22)18-9-5-2-6-10-18/h1-10,19-22H,11-16H2. The van der Waals surface area contributed by atoms with Crippen molar-refractivity contribution in [3.63, 3.8) is 0 Å². The van der Waals surface area contributed by atoms with Gasteiger partial charge in [0.2, 0.25) is 0 Å². The summed E-state index contributed by atoms with van der Waals surface area (Å²) >= 11 is 0. The van der Waals surface area contributed by atoms with Crippen LogP contribution in [0.2, 0.25) is 0 Å². The normalized spacial score (nSPS) is 32.6. The maximum atomic E-state index is 6.41. The summed E-state index contributed by atoms with van der Waals surface area (Å²) in [6, 6.07) is 21.2. The second kappa shape index (κ2) is 7.12. The monoisotopic (exact) mass is 350 g/mol. The summed E-state index contributed by atoms with van der Waals surface area (Å²) in [6.45, 7) is 4.06. The number of hydrogen-bond donors (Lipinski definition) is 0. The highest BCUT2D eigenvalue weighted by Gasteiger charge is 2.40. The van der Waals surface area contributed by atoms with Crippen LogP contribution in [0.25, 0.3) is 0 Å². The Bertz CT molecular complexity index is 636. The lowest BCUT2D eigenvalue weighted by Crippen LogP contribution is -2.43. The van der Waals surface area contributed by atoms with E-state index in [1.165, 1.54) is 11.1 Å². The van der Waals surface area contributed by atoms with Crippen LogP contribution in [0.4, 0.5) is 0 Å². The molecule has 4 heteroatoms. The molecule has 3 saturated heterocycles. The predicted octanol–water partition coefficient (Wildman–Crippen LogP) is 3.58. The van der Waals surface area contributed by atoms with E-state index >= 15 is 0 Å². The van der Waals surface area contributed by atoms with E-state index in [0.29, 0.717) is 0 Å². The highest BCUT2D eigenvalue weighted by Crippen LogP contribution is 2.36. The minimum Gasteiger partial charge on any atom is -0.354 e. The van der Waals surface area contributed by atoms with Crippen LogP contribution in [0, 0.1) is 0 Å². The maximum absolute atomic E-state index is 6.41. The third-order valence-electron chi connectivity index (χ3n) is 5.93. The Kier molecular flexibility index (Phi) is 4.51. The second-order valence-electron chi connectivity index (χ2n) is 7.55. The minimum absolute atomic E-state index is 0.201. The van der Waals surface area contributed by atoms with Crippen LogP contribution < -0.4 is 0 Å². The van der Waals surface area contributed by atoms with Gasteiger partial charge in [0.15, 0.2) is 0 Å². The molecule has 3 aliphatic heterocycles. The molecule has 0 spiro atoms. The number of ether oxygens (including phenoxy) is 2. The first-order valence-corrected chi connectivity index (χ1v) is 9.76. The van der Waals surface area contributed by atoms with Crippen LogP contribution >= 0.6 is 0 Å². The fraction of sp³-hybridized carbons (Fsp3) is 0.455. The largest absolute Gasteiger partial charge is 0.354 e. The predicted molar refractivity (Wildman–Crippen MR) is 100 cm³/mol. The van der Waals surface area contributed by atoms with Gasteiger partial charge in [-0.1, -0.05) is 60.7 Å². The van der Waals surface area contributed by atoms with E-state index in [1.807, 2.05) is 0 Å². The lowest BCUT2D eigenvalue weighted by molar-refractivity contribution is -0.0566. The molecule has 26 heavy (non-hydrogen) atoms. The van der Waals surface area contributed by atoms with Crippen molar-refractivity contribution in [2.75, 3.05) is 26.2 Å². The summed E-state index contributed by atoms with van der Waals surface area (Å²) in [7, 11) is 0.